The molecule has 0 aliphatic heterocycles. The van der Waals surface area contributed by atoms with Crippen LogP contribution in [0.3, 0.4) is 0 Å². The number of hydrogen-bond donors (Lipinski definition) is 0. The van der Waals surface area contributed by atoms with E-state index in [0.29, 0.717) is 5.57 Å². The lowest BCUT2D eigenvalue weighted by Gasteiger charge is -2.02. The molecule has 0 radical (unpaired) electrons. The number of hydrogen-bond acceptors (Lipinski definition) is 2. The second-order valence-electron chi connectivity index (χ2n) is 3.12. The second kappa shape index (κ2) is 6.17. The zero-order chi connectivity index (χ0) is 11.1. The second-order valence-corrected chi connectivity index (χ2v) is 3.48. The lowest BCUT2D eigenvalue weighted by molar-refractivity contribution is -0.460. The number of nitrogens with zero attached hydrogens (tertiary/aromatic N) is 4. The molecule has 14 heavy (non-hydrogen) atoms. The molecule has 0 aromatic rings. The number of nitriles is 1. The number of halogens is 1. The Labute approximate surface area is 89.4 Å². The maximum absolute atomic E-state index is 8.77. The third-order valence-electron chi connectivity index (χ3n) is 1.13. The molecule has 0 aliphatic carbocycles. The highest BCUT2D eigenvalue weighted by molar-refractivity contribution is 6.70. The smallest absolute Gasteiger partial charge is 0.282 e. The predicted molar refractivity (Wildman–Crippen MR) is 58.8 cm³/mol. The highest BCUT2D eigenvalue weighted by Gasteiger charge is 2.08. The highest BCUT2D eigenvalue weighted by atomic mass is 35.5. The van der Waals surface area contributed by atoms with Gasteiger partial charge in [-0.15, -0.1) is 0 Å². The van der Waals surface area contributed by atoms with Crippen LogP contribution < -0.4 is 0 Å². The molecule has 5 heteroatoms. The van der Waals surface area contributed by atoms with Crippen LogP contribution in [0.2, 0.25) is 0 Å². The number of allylic oxidation sites excluding steroid dienone is 1. The first-order chi connectivity index (χ1) is 6.47. The fourth-order valence-electron chi connectivity index (χ4n) is 0.622. The minimum atomic E-state index is 0.190. The third-order valence-corrected chi connectivity index (χ3v) is 1.43. The molecular formula is C9H14ClN4+. The SMILES string of the molecule is CN(C)/C=C(\C#N)C(Cl)=NC=[N+](C)C. The quantitative estimate of drug-likeness (QED) is 0.303. The standard InChI is InChI=1S/C9H14ClN4/c1-13(2)6-8(5-11)9(10)12-7-14(3)4/h6-7H,1-4H3/q+1. The topological polar surface area (TPSA) is 42.4 Å². The first kappa shape index (κ1) is 12.7. The van der Waals surface area contributed by atoms with Crippen molar-refractivity contribution in [3.8, 4) is 6.07 Å². The van der Waals surface area contributed by atoms with E-state index in [1.54, 1.807) is 22.0 Å². The molecule has 0 heterocycles. The van der Waals surface area contributed by atoms with Gasteiger partial charge in [-0.1, -0.05) is 0 Å². The van der Waals surface area contributed by atoms with Crippen LogP contribution in [0, 0.1) is 11.3 Å². The van der Waals surface area contributed by atoms with Gasteiger partial charge in [-0.05, 0) is 16.6 Å². The van der Waals surface area contributed by atoms with Crippen LogP contribution in [-0.4, -0.2) is 49.2 Å². The van der Waals surface area contributed by atoms with Gasteiger partial charge in [0, 0.05) is 20.3 Å². The Morgan fingerprint density at radius 1 is 1.50 bits per heavy atom. The lowest BCUT2D eigenvalue weighted by Crippen LogP contribution is -2.06. The first-order valence-corrected chi connectivity index (χ1v) is 4.37. The Balaban J connectivity index is 4.82. The van der Waals surface area contributed by atoms with Crippen LogP contribution in [0.4, 0.5) is 0 Å². The molecule has 0 rings (SSSR count). The average Bonchev–Trinajstić information content (AvgIpc) is 2.09. The van der Waals surface area contributed by atoms with Crippen LogP contribution in [0.1, 0.15) is 0 Å². The van der Waals surface area contributed by atoms with E-state index >= 15 is 0 Å². The van der Waals surface area contributed by atoms with Gasteiger partial charge < -0.3 is 4.90 Å². The fraction of sp³-hybridized carbons (Fsp3) is 0.444. The molecule has 0 saturated carbocycles. The zero-order valence-electron chi connectivity index (χ0n) is 8.82. The van der Waals surface area contributed by atoms with E-state index < -0.39 is 0 Å². The van der Waals surface area contributed by atoms with E-state index in [9.17, 15) is 0 Å². The summed E-state index contributed by atoms with van der Waals surface area (Å²) in [5.74, 6) is 0. The summed E-state index contributed by atoms with van der Waals surface area (Å²) < 4.78 is 1.74. The molecule has 76 valence electrons. The van der Waals surface area contributed by atoms with Crippen LogP contribution in [0.25, 0.3) is 0 Å². The molecule has 0 aromatic heterocycles. The number of aliphatic imine (C=N–C) groups is 1. The summed E-state index contributed by atoms with van der Waals surface area (Å²) in [7, 11) is 7.29. The minimum Gasteiger partial charge on any atom is -0.382 e. The summed E-state index contributed by atoms with van der Waals surface area (Å²) in [4.78, 5) is 5.66. The van der Waals surface area contributed by atoms with Gasteiger partial charge in [0.05, 0.1) is 14.1 Å². The van der Waals surface area contributed by atoms with Crippen LogP contribution in [0.15, 0.2) is 16.8 Å². The molecule has 0 aliphatic rings. The molecule has 0 spiro atoms. The van der Waals surface area contributed by atoms with Crippen molar-refractivity contribution in [2.24, 2.45) is 4.99 Å². The molecule has 0 bridgehead atoms. The number of rotatable bonds is 3. The lowest BCUT2D eigenvalue weighted by atomic mass is 10.3. The van der Waals surface area contributed by atoms with Crippen LogP contribution >= 0.6 is 11.6 Å². The Kier molecular flexibility index (Phi) is 5.58. The van der Waals surface area contributed by atoms with Crippen molar-refractivity contribution in [2.75, 3.05) is 28.2 Å². The predicted octanol–water partition coefficient (Wildman–Crippen LogP) is 0.893. The molecular weight excluding hydrogens is 200 g/mol. The Morgan fingerprint density at radius 2 is 2.07 bits per heavy atom. The summed E-state index contributed by atoms with van der Waals surface area (Å²) in [5, 5.41) is 8.96. The molecule has 0 atom stereocenters. The summed E-state index contributed by atoms with van der Waals surface area (Å²) in [6.45, 7) is 0. The largest absolute Gasteiger partial charge is 0.382 e. The third kappa shape index (κ3) is 5.33. The van der Waals surface area contributed by atoms with Crippen molar-refractivity contribution in [3.05, 3.63) is 11.8 Å². The Hall–Kier alpha value is -1.34. The van der Waals surface area contributed by atoms with Crippen molar-refractivity contribution in [1.82, 2.24) is 4.90 Å². The summed E-state index contributed by atoms with van der Waals surface area (Å²) in [5.41, 5.74) is 0.342. The molecule has 0 unspecified atom stereocenters. The van der Waals surface area contributed by atoms with E-state index in [0.717, 1.165) is 0 Å². The van der Waals surface area contributed by atoms with E-state index in [4.69, 9.17) is 16.9 Å². The maximum Gasteiger partial charge on any atom is 0.282 e. The molecule has 4 nitrogen and oxygen atoms in total. The Bertz CT molecular complexity index is 316. The van der Waals surface area contributed by atoms with Crippen molar-refractivity contribution < 1.29 is 4.58 Å². The summed E-state index contributed by atoms with van der Waals surface area (Å²) in [6.07, 6.45) is 3.17. The van der Waals surface area contributed by atoms with Gasteiger partial charge in [0.25, 0.3) is 11.5 Å². The van der Waals surface area contributed by atoms with Gasteiger partial charge in [0.2, 0.25) is 0 Å². The van der Waals surface area contributed by atoms with Crippen molar-refractivity contribution >= 4 is 23.1 Å². The van der Waals surface area contributed by atoms with Crippen LogP contribution in [-0.2, 0) is 0 Å². The van der Waals surface area contributed by atoms with E-state index in [2.05, 4.69) is 4.99 Å². The van der Waals surface area contributed by atoms with Gasteiger partial charge in [0.15, 0.2) is 0 Å². The van der Waals surface area contributed by atoms with E-state index in [-0.39, 0.29) is 5.17 Å². The molecule has 0 N–H and O–H groups in total. The van der Waals surface area contributed by atoms with E-state index in [1.165, 1.54) is 0 Å². The van der Waals surface area contributed by atoms with Crippen molar-refractivity contribution in [2.45, 2.75) is 0 Å². The Morgan fingerprint density at radius 3 is 2.43 bits per heavy atom. The van der Waals surface area contributed by atoms with Crippen molar-refractivity contribution in [3.63, 3.8) is 0 Å². The average molecular weight is 214 g/mol. The maximum atomic E-state index is 8.77. The van der Waals surface area contributed by atoms with Gasteiger partial charge in [-0.25, -0.2) is 0 Å². The van der Waals surface area contributed by atoms with Crippen LogP contribution in [0.5, 0.6) is 0 Å². The minimum absolute atomic E-state index is 0.190. The fourth-order valence-corrected chi connectivity index (χ4v) is 0.757. The van der Waals surface area contributed by atoms with Gasteiger partial charge in [-0.3, -0.25) is 4.58 Å². The molecule has 0 saturated heterocycles. The molecule has 0 aromatic carbocycles. The highest BCUT2D eigenvalue weighted by Crippen LogP contribution is 2.01. The monoisotopic (exact) mass is 213 g/mol. The summed E-state index contributed by atoms with van der Waals surface area (Å²) >= 11 is 5.81. The van der Waals surface area contributed by atoms with E-state index in [1.807, 2.05) is 34.3 Å². The normalized spacial score (nSPS) is 12.0. The summed E-state index contributed by atoms with van der Waals surface area (Å²) in [6, 6.07) is 1.98. The van der Waals surface area contributed by atoms with Gasteiger partial charge in [0.1, 0.15) is 11.6 Å². The molecule has 0 amide bonds. The molecule has 0 fully saturated rings. The van der Waals surface area contributed by atoms with Gasteiger partial charge in [-0.2, -0.15) is 5.26 Å². The van der Waals surface area contributed by atoms with Crippen molar-refractivity contribution in [1.29, 1.82) is 5.26 Å². The van der Waals surface area contributed by atoms with Gasteiger partial charge >= 0.3 is 0 Å². The first-order valence-electron chi connectivity index (χ1n) is 3.99. The zero-order valence-corrected chi connectivity index (χ0v) is 9.58.